The number of rotatable bonds is 6. The minimum Gasteiger partial charge on any atom is -0.480 e. The maximum Gasteiger partial charge on any atom is 0.410 e. The van der Waals surface area contributed by atoms with Crippen LogP contribution in [0.5, 0.6) is 0 Å². The van der Waals surface area contributed by atoms with Gasteiger partial charge >= 0.3 is 12.1 Å². The number of benzene rings is 2. The summed E-state index contributed by atoms with van der Waals surface area (Å²) in [6, 6.07) is 13.0. The van der Waals surface area contributed by atoms with Crippen molar-refractivity contribution in [2.45, 2.75) is 24.7 Å². The Morgan fingerprint density at radius 1 is 1.13 bits per heavy atom. The van der Waals surface area contributed by atoms with E-state index >= 15 is 0 Å². The smallest absolute Gasteiger partial charge is 0.410 e. The second kappa shape index (κ2) is 9.57. The van der Waals surface area contributed by atoms with E-state index in [0.717, 1.165) is 15.4 Å². The first-order chi connectivity index (χ1) is 14.8. The lowest BCUT2D eigenvalue weighted by molar-refractivity contribution is -0.146. The van der Waals surface area contributed by atoms with Gasteiger partial charge in [0.2, 0.25) is 5.91 Å². The normalized spacial score (nSPS) is 20.4. The molecule has 0 unspecified atom stereocenters. The molecule has 1 fully saturated rings. The predicted octanol–water partition coefficient (Wildman–Crippen LogP) is 1.83. The van der Waals surface area contributed by atoms with Crippen molar-refractivity contribution in [3.63, 3.8) is 0 Å². The van der Waals surface area contributed by atoms with Crippen LogP contribution < -0.4 is 0 Å². The van der Waals surface area contributed by atoms with Crippen LogP contribution in [-0.2, 0) is 20.9 Å². The molecule has 1 aliphatic heterocycles. The van der Waals surface area contributed by atoms with Crippen LogP contribution in [0.25, 0.3) is 0 Å². The molecule has 31 heavy (non-hydrogen) atoms. The van der Waals surface area contributed by atoms with Crippen LogP contribution in [0.4, 0.5) is 9.18 Å². The Balaban J connectivity index is 1.83. The molecular formula is C22H23FN2O6. The summed E-state index contributed by atoms with van der Waals surface area (Å²) < 4.78 is 18.6. The molecule has 0 radical (unpaired) electrons. The number of nitrogens with zero attached hydrogens (tertiary/aromatic N) is 2. The van der Waals surface area contributed by atoms with Gasteiger partial charge in [-0.25, -0.2) is 9.18 Å². The summed E-state index contributed by atoms with van der Waals surface area (Å²) >= 11 is 0. The molecule has 2 aromatic rings. The van der Waals surface area contributed by atoms with Crippen LogP contribution >= 0.6 is 0 Å². The van der Waals surface area contributed by atoms with Crippen molar-refractivity contribution in [2.24, 2.45) is 0 Å². The fourth-order valence-corrected chi connectivity index (χ4v) is 3.63. The average Bonchev–Trinajstić information content (AvgIpc) is 3.09. The van der Waals surface area contributed by atoms with Crippen LogP contribution in [0, 0.1) is 5.82 Å². The van der Waals surface area contributed by atoms with E-state index in [1.807, 2.05) is 6.07 Å². The lowest BCUT2D eigenvalue weighted by atomic mass is 9.93. The van der Waals surface area contributed by atoms with Crippen molar-refractivity contribution >= 4 is 18.0 Å². The van der Waals surface area contributed by atoms with E-state index in [1.165, 1.54) is 31.3 Å². The molecule has 2 amide bonds. The number of carboxylic acid groups (broad SMARTS) is 1. The van der Waals surface area contributed by atoms with Gasteiger partial charge in [0.05, 0.1) is 6.10 Å². The number of amides is 2. The molecule has 9 heteroatoms. The van der Waals surface area contributed by atoms with Gasteiger partial charge in [0.25, 0.3) is 0 Å². The minimum atomic E-state index is -1.33. The van der Waals surface area contributed by atoms with Gasteiger partial charge in [-0.3, -0.25) is 14.5 Å². The molecule has 1 aliphatic rings. The van der Waals surface area contributed by atoms with Crippen LogP contribution in [0.1, 0.15) is 17.0 Å². The van der Waals surface area contributed by atoms with Crippen molar-refractivity contribution in [3.8, 4) is 0 Å². The Hall–Kier alpha value is -3.46. The van der Waals surface area contributed by atoms with Crippen LogP contribution in [0.15, 0.2) is 54.6 Å². The lowest BCUT2D eigenvalue weighted by Gasteiger charge is -2.28. The average molecular weight is 430 g/mol. The number of carboxylic acids is 1. The first-order valence-corrected chi connectivity index (χ1v) is 9.65. The monoisotopic (exact) mass is 430 g/mol. The first-order valence-electron chi connectivity index (χ1n) is 9.65. The van der Waals surface area contributed by atoms with E-state index in [0.29, 0.717) is 5.56 Å². The number of aliphatic hydroxyl groups excluding tert-OH is 1. The molecule has 3 atom stereocenters. The maximum absolute atomic E-state index is 13.3. The third kappa shape index (κ3) is 5.18. The highest BCUT2D eigenvalue weighted by Crippen LogP contribution is 2.34. The van der Waals surface area contributed by atoms with Crippen LogP contribution in [0.3, 0.4) is 0 Å². The van der Waals surface area contributed by atoms with Gasteiger partial charge in [0.15, 0.2) is 0 Å². The SMILES string of the molecule is CN(CC(=O)O)C(=O)[C@H]1[C@@H](O)[C@H](c2ccc(F)cc2)CN1C(=O)OCc1ccccc1. The number of hydrogen-bond acceptors (Lipinski definition) is 5. The van der Waals surface area contributed by atoms with Gasteiger partial charge in [-0.2, -0.15) is 0 Å². The van der Waals surface area contributed by atoms with Crippen LogP contribution in [-0.4, -0.2) is 70.3 Å². The Bertz CT molecular complexity index is 937. The summed E-state index contributed by atoms with van der Waals surface area (Å²) in [5, 5.41) is 19.9. The van der Waals surface area contributed by atoms with Crippen molar-refractivity contribution < 1.29 is 33.7 Å². The minimum absolute atomic E-state index is 0.0284. The molecule has 0 aromatic heterocycles. The standard InChI is InChI=1S/C22H23FN2O6/c1-24(12-18(26)27)21(29)19-20(28)17(15-7-9-16(23)10-8-15)11-25(19)22(30)31-13-14-5-3-2-4-6-14/h2-10,17,19-20,28H,11-13H2,1H3,(H,26,27)/t17-,19+,20-/m0/s1. The van der Waals surface area contributed by atoms with Crippen molar-refractivity contribution in [3.05, 3.63) is 71.5 Å². The van der Waals surface area contributed by atoms with Gasteiger partial charge in [0.1, 0.15) is 25.0 Å². The summed E-state index contributed by atoms with van der Waals surface area (Å²) in [5.74, 6) is -3.07. The molecule has 2 aromatic carbocycles. The molecule has 8 nitrogen and oxygen atoms in total. The Morgan fingerprint density at radius 3 is 2.39 bits per heavy atom. The fraction of sp³-hybridized carbons (Fsp3) is 0.318. The summed E-state index contributed by atoms with van der Waals surface area (Å²) in [4.78, 5) is 38.7. The van der Waals surface area contributed by atoms with Gasteiger partial charge in [-0.15, -0.1) is 0 Å². The van der Waals surface area contributed by atoms with Gasteiger partial charge in [-0.1, -0.05) is 42.5 Å². The maximum atomic E-state index is 13.3. The Kier molecular flexibility index (Phi) is 6.86. The molecule has 1 saturated heterocycles. The third-order valence-electron chi connectivity index (χ3n) is 5.20. The number of hydrogen-bond donors (Lipinski definition) is 2. The van der Waals surface area contributed by atoms with Gasteiger partial charge in [-0.05, 0) is 23.3 Å². The van der Waals surface area contributed by atoms with E-state index in [-0.39, 0.29) is 13.2 Å². The number of aliphatic hydroxyl groups is 1. The zero-order chi connectivity index (χ0) is 22.5. The highest BCUT2D eigenvalue weighted by atomic mass is 19.1. The summed E-state index contributed by atoms with van der Waals surface area (Å²) in [7, 11) is 1.28. The van der Waals surface area contributed by atoms with Gasteiger partial charge in [0, 0.05) is 19.5 Å². The molecule has 0 saturated carbocycles. The molecule has 0 spiro atoms. The Labute approximate surface area is 178 Å². The summed E-state index contributed by atoms with van der Waals surface area (Å²) in [6.07, 6.45) is -2.13. The number of halogens is 1. The zero-order valence-corrected chi connectivity index (χ0v) is 16.8. The molecule has 1 heterocycles. The topological polar surface area (TPSA) is 107 Å². The first kappa shape index (κ1) is 22.2. The number of carbonyl (C=O) groups is 3. The highest BCUT2D eigenvalue weighted by Gasteiger charge is 2.49. The number of likely N-dealkylation sites (N-methyl/N-ethyl adjacent to an activating group) is 1. The fourth-order valence-electron chi connectivity index (χ4n) is 3.63. The number of ether oxygens (including phenoxy) is 1. The molecule has 0 bridgehead atoms. The number of aliphatic carboxylic acids is 1. The van der Waals surface area contributed by atoms with E-state index < -0.39 is 48.4 Å². The van der Waals surface area contributed by atoms with E-state index in [1.54, 1.807) is 24.3 Å². The van der Waals surface area contributed by atoms with Crippen molar-refractivity contribution in [1.82, 2.24) is 9.80 Å². The van der Waals surface area contributed by atoms with E-state index in [2.05, 4.69) is 0 Å². The van der Waals surface area contributed by atoms with E-state index in [4.69, 9.17) is 9.84 Å². The molecule has 0 aliphatic carbocycles. The van der Waals surface area contributed by atoms with Crippen molar-refractivity contribution in [1.29, 1.82) is 0 Å². The lowest BCUT2D eigenvalue weighted by Crippen LogP contribution is -2.51. The Morgan fingerprint density at radius 2 is 1.77 bits per heavy atom. The van der Waals surface area contributed by atoms with E-state index in [9.17, 15) is 23.9 Å². The number of carbonyl (C=O) groups excluding carboxylic acids is 2. The van der Waals surface area contributed by atoms with Crippen molar-refractivity contribution in [2.75, 3.05) is 20.1 Å². The van der Waals surface area contributed by atoms with Gasteiger partial charge < -0.3 is 19.8 Å². The summed E-state index contributed by atoms with van der Waals surface area (Å²) in [6.45, 7) is -0.659. The quantitative estimate of drug-likeness (QED) is 0.724. The summed E-state index contributed by atoms with van der Waals surface area (Å²) in [5.41, 5.74) is 1.29. The molecule has 164 valence electrons. The molecular weight excluding hydrogens is 407 g/mol. The second-order valence-corrected chi connectivity index (χ2v) is 7.37. The number of likely N-dealkylation sites (tertiary alicyclic amines) is 1. The molecule has 2 N–H and O–H groups in total. The predicted molar refractivity (Wildman–Crippen MR) is 108 cm³/mol. The molecule has 3 rings (SSSR count). The largest absolute Gasteiger partial charge is 0.480 e. The van der Waals surface area contributed by atoms with Crippen LogP contribution in [0.2, 0.25) is 0 Å². The second-order valence-electron chi connectivity index (χ2n) is 7.37. The zero-order valence-electron chi connectivity index (χ0n) is 16.8. The highest BCUT2D eigenvalue weighted by molar-refractivity contribution is 5.89. The third-order valence-corrected chi connectivity index (χ3v) is 5.20.